The summed E-state index contributed by atoms with van der Waals surface area (Å²) >= 11 is 0. The van der Waals surface area contributed by atoms with Gasteiger partial charge in [0.2, 0.25) is 5.91 Å². The maximum absolute atomic E-state index is 12.4. The Balaban J connectivity index is 1.55. The first-order chi connectivity index (χ1) is 12.0. The van der Waals surface area contributed by atoms with Gasteiger partial charge in [-0.1, -0.05) is 12.1 Å². The van der Waals surface area contributed by atoms with Crippen LogP contribution in [-0.4, -0.2) is 55.7 Å². The maximum atomic E-state index is 12.4. The quantitative estimate of drug-likeness (QED) is 0.764. The summed E-state index contributed by atoms with van der Waals surface area (Å²) in [6.07, 6.45) is 0.894. The van der Waals surface area contributed by atoms with Gasteiger partial charge >= 0.3 is 5.97 Å². The molecule has 0 aliphatic carbocycles. The van der Waals surface area contributed by atoms with Gasteiger partial charge in [0.1, 0.15) is 5.75 Å². The number of benzene rings is 1. The molecule has 2 fully saturated rings. The van der Waals surface area contributed by atoms with Crippen LogP contribution in [0.5, 0.6) is 5.75 Å². The Kier molecular flexibility index (Phi) is 5.46. The maximum Gasteiger partial charge on any atom is 0.306 e. The van der Waals surface area contributed by atoms with Gasteiger partial charge in [-0.3, -0.25) is 9.59 Å². The van der Waals surface area contributed by atoms with E-state index in [1.807, 2.05) is 36.9 Å². The van der Waals surface area contributed by atoms with Crippen LogP contribution in [0.1, 0.15) is 26.7 Å². The number of carbonyl (C=O) groups is 2. The number of cyclic esters (lactones) is 1. The number of esters is 1. The zero-order valence-corrected chi connectivity index (χ0v) is 14.9. The number of amides is 1. The Morgan fingerprint density at radius 1 is 1.24 bits per heavy atom. The summed E-state index contributed by atoms with van der Waals surface area (Å²) in [4.78, 5) is 27.7. The Morgan fingerprint density at radius 3 is 2.60 bits per heavy atom. The molecule has 6 heteroatoms. The zero-order chi connectivity index (χ0) is 17.8. The molecule has 0 saturated carbocycles. The number of rotatable bonds is 5. The number of hydrogen-bond donors (Lipinski definition) is 0. The number of nitrogens with zero attached hydrogens (tertiary/aromatic N) is 2. The van der Waals surface area contributed by atoms with E-state index in [-0.39, 0.29) is 23.9 Å². The predicted molar refractivity (Wildman–Crippen MR) is 94.7 cm³/mol. The van der Waals surface area contributed by atoms with Gasteiger partial charge in [-0.25, -0.2) is 0 Å². The molecule has 1 amide bonds. The summed E-state index contributed by atoms with van der Waals surface area (Å²) in [6, 6.07) is 8.05. The largest absolute Gasteiger partial charge is 0.489 e. The summed E-state index contributed by atoms with van der Waals surface area (Å²) in [5.74, 6) is 0.858. The van der Waals surface area contributed by atoms with E-state index in [0.717, 1.165) is 24.5 Å². The molecule has 0 bridgehead atoms. The molecule has 0 spiro atoms. The lowest BCUT2D eigenvalue weighted by molar-refractivity contribution is -0.138. The number of piperazine rings is 1. The van der Waals surface area contributed by atoms with Gasteiger partial charge < -0.3 is 19.3 Å². The number of para-hydroxylation sites is 2. The average molecular weight is 346 g/mol. The SMILES string of the molecule is CC(C)Oc1ccccc1N1CCN(C(=O)C[C@@H]2COC(=O)C2)CC1. The summed E-state index contributed by atoms with van der Waals surface area (Å²) in [6.45, 7) is 7.36. The molecule has 2 saturated heterocycles. The van der Waals surface area contributed by atoms with E-state index in [1.54, 1.807) is 0 Å². The van der Waals surface area contributed by atoms with Gasteiger partial charge in [0.25, 0.3) is 0 Å². The summed E-state index contributed by atoms with van der Waals surface area (Å²) in [7, 11) is 0. The van der Waals surface area contributed by atoms with Crippen molar-refractivity contribution in [1.29, 1.82) is 0 Å². The van der Waals surface area contributed by atoms with Crippen molar-refractivity contribution >= 4 is 17.6 Å². The van der Waals surface area contributed by atoms with Gasteiger partial charge in [-0.05, 0) is 26.0 Å². The third-order valence-corrected chi connectivity index (χ3v) is 4.60. The Labute approximate surface area is 148 Å². The monoisotopic (exact) mass is 346 g/mol. The molecule has 1 aromatic carbocycles. The van der Waals surface area contributed by atoms with Crippen LogP contribution in [0.25, 0.3) is 0 Å². The van der Waals surface area contributed by atoms with E-state index >= 15 is 0 Å². The number of hydrogen-bond acceptors (Lipinski definition) is 5. The molecule has 6 nitrogen and oxygen atoms in total. The molecule has 1 atom stereocenters. The first kappa shape index (κ1) is 17.6. The van der Waals surface area contributed by atoms with Crippen molar-refractivity contribution in [1.82, 2.24) is 4.90 Å². The Bertz CT molecular complexity index is 624. The van der Waals surface area contributed by atoms with Gasteiger partial charge in [0.15, 0.2) is 0 Å². The molecule has 2 heterocycles. The van der Waals surface area contributed by atoms with Crippen LogP contribution in [0.15, 0.2) is 24.3 Å². The second-order valence-corrected chi connectivity index (χ2v) is 6.96. The third-order valence-electron chi connectivity index (χ3n) is 4.60. The van der Waals surface area contributed by atoms with Crippen molar-refractivity contribution < 1.29 is 19.1 Å². The molecule has 25 heavy (non-hydrogen) atoms. The van der Waals surface area contributed by atoms with Gasteiger partial charge in [-0.15, -0.1) is 0 Å². The molecule has 0 unspecified atom stereocenters. The molecule has 0 N–H and O–H groups in total. The van der Waals surface area contributed by atoms with E-state index in [0.29, 0.717) is 32.5 Å². The third kappa shape index (κ3) is 4.44. The summed E-state index contributed by atoms with van der Waals surface area (Å²) in [5, 5.41) is 0. The van der Waals surface area contributed by atoms with Crippen LogP contribution in [0, 0.1) is 5.92 Å². The van der Waals surface area contributed by atoms with E-state index in [2.05, 4.69) is 11.0 Å². The van der Waals surface area contributed by atoms with Crippen molar-refractivity contribution in [3.63, 3.8) is 0 Å². The Hall–Kier alpha value is -2.24. The topological polar surface area (TPSA) is 59.1 Å². The molecule has 136 valence electrons. The summed E-state index contributed by atoms with van der Waals surface area (Å²) in [5.41, 5.74) is 1.08. The molecule has 1 aromatic rings. The second-order valence-electron chi connectivity index (χ2n) is 6.96. The lowest BCUT2D eigenvalue weighted by atomic mass is 10.0. The van der Waals surface area contributed by atoms with Crippen LogP contribution in [0.2, 0.25) is 0 Å². The van der Waals surface area contributed by atoms with Crippen molar-refractivity contribution in [3.8, 4) is 5.75 Å². The lowest BCUT2D eigenvalue weighted by Crippen LogP contribution is -2.49. The van der Waals surface area contributed by atoms with Crippen LogP contribution in [0.4, 0.5) is 5.69 Å². The minimum Gasteiger partial charge on any atom is -0.489 e. The minimum absolute atomic E-state index is 0.0400. The van der Waals surface area contributed by atoms with E-state index in [1.165, 1.54) is 0 Å². The van der Waals surface area contributed by atoms with E-state index in [4.69, 9.17) is 9.47 Å². The smallest absolute Gasteiger partial charge is 0.306 e. The van der Waals surface area contributed by atoms with E-state index in [9.17, 15) is 9.59 Å². The standard InChI is InChI=1S/C19H26N2O4/c1-14(2)25-17-6-4-3-5-16(17)20-7-9-21(10-8-20)18(22)11-15-12-19(23)24-13-15/h3-6,14-15H,7-13H2,1-2H3/t15-/m0/s1. The van der Waals surface area contributed by atoms with Crippen molar-refractivity contribution in [3.05, 3.63) is 24.3 Å². The Morgan fingerprint density at radius 2 is 1.96 bits per heavy atom. The number of anilines is 1. The predicted octanol–water partition coefficient (Wildman–Crippen LogP) is 2.08. The van der Waals surface area contributed by atoms with Crippen LogP contribution < -0.4 is 9.64 Å². The average Bonchev–Trinajstić information content (AvgIpc) is 3.00. The minimum atomic E-state index is -0.190. The van der Waals surface area contributed by atoms with Crippen LogP contribution in [0.3, 0.4) is 0 Å². The number of carbonyl (C=O) groups excluding carboxylic acids is 2. The van der Waals surface area contributed by atoms with Crippen LogP contribution >= 0.6 is 0 Å². The highest BCUT2D eigenvalue weighted by molar-refractivity contribution is 5.79. The fourth-order valence-corrected chi connectivity index (χ4v) is 3.34. The van der Waals surface area contributed by atoms with E-state index < -0.39 is 0 Å². The zero-order valence-electron chi connectivity index (χ0n) is 14.9. The molecule has 0 aromatic heterocycles. The first-order valence-electron chi connectivity index (χ1n) is 8.97. The normalized spacial score (nSPS) is 20.8. The van der Waals surface area contributed by atoms with Crippen molar-refractivity contribution in [2.45, 2.75) is 32.8 Å². The molecule has 0 radical (unpaired) electrons. The first-order valence-corrected chi connectivity index (χ1v) is 8.97. The summed E-state index contributed by atoms with van der Waals surface area (Å²) < 4.78 is 10.8. The van der Waals surface area contributed by atoms with Crippen molar-refractivity contribution in [2.75, 3.05) is 37.7 Å². The fraction of sp³-hybridized carbons (Fsp3) is 0.579. The molecule has 3 rings (SSSR count). The molecular weight excluding hydrogens is 320 g/mol. The highest BCUT2D eigenvalue weighted by Crippen LogP contribution is 2.30. The lowest BCUT2D eigenvalue weighted by Gasteiger charge is -2.37. The van der Waals surface area contributed by atoms with Gasteiger partial charge in [0, 0.05) is 38.5 Å². The molecular formula is C19H26N2O4. The second kappa shape index (κ2) is 7.76. The number of ether oxygens (including phenoxy) is 2. The highest BCUT2D eigenvalue weighted by Gasteiger charge is 2.29. The molecule has 2 aliphatic rings. The van der Waals surface area contributed by atoms with Gasteiger partial charge in [-0.2, -0.15) is 0 Å². The van der Waals surface area contributed by atoms with Crippen LogP contribution in [-0.2, 0) is 14.3 Å². The van der Waals surface area contributed by atoms with Gasteiger partial charge in [0.05, 0.1) is 24.8 Å². The molecule has 2 aliphatic heterocycles. The fourth-order valence-electron chi connectivity index (χ4n) is 3.34. The van der Waals surface area contributed by atoms with Crippen molar-refractivity contribution in [2.24, 2.45) is 5.92 Å². The highest BCUT2D eigenvalue weighted by atomic mass is 16.5.